The summed E-state index contributed by atoms with van der Waals surface area (Å²) in [6, 6.07) is 2.03. The van der Waals surface area contributed by atoms with Crippen molar-refractivity contribution in [2.24, 2.45) is 5.84 Å². The van der Waals surface area contributed by atoms with Crippen LogP contribution in [0.4, 0.5) is 5.13 Å². The molecule has 0 amide bonds. The maximum absolute atomic E-state index is 5.23. The maximum Gasteiger partial charge on any atom is 0.219 e. The van der Waals surface area contributed by atoms with Gasteiger partial charge >= 0.3 is 0 Å². The van der Waals surface area contributed by atoms with E-state index in [1.54, 1.807) is 0 Å². The van der Waals surface area contributed by atoms with Crippen molar-refractivity contribution in [2.75, 3.05) is 5.43 Å². The Hall–Kier alpha value is -1.47. The van der Waals surface area contributed by atoms with Gasteiger partial charge < -0.3 is 0 Å². The van der Waals surface area contributed by atoms with Crippen molar-refractivity contribution < 1.29 is 0 Å². The minimum Gasteiger partial charge on any atom is -0.298 e. The summed E-state index contributed by atoms with van der Waals surface area (Å²) in [6.07, 6.45) is 0. The first-order valence-electron chi connectivity index (χ1n) is 4.49. The molecule has 2 aromatic rings. The van der Waals surface area contributed by atoms with Crippen molar-refractivity contribution >= 4 is 16.5 Å². The molecule has 80 valence electrons. The lowest BCUT2D eigenvalue weighted by atomic mass is 10.4. The summed E-state index contributed by atoms with van der Waals surface area (Å²) in [5, 5.41) is 13.7. The molecule has 0 bridgehead atoms. The Bertz CT molecular complexity index is 459. The first-order chi connectivity index (χ1) is 7.19. The monoisotopic (exact) mass is 224 g/mol. The standard InChI is InChI=1S/C8H12N6S/c1-5-3-6(2)14(13-5)4-7-11-12-8(10-9)15-7/h3H,4,9H2,1-2H3,(H,10,12). The molecule has 6 nitrogen and oxygen atoms in total. The van der Waals surface area contributed by atoms with Crippen LogP contribution in [0.2, 0.25) is 0 Å². The summed E-state index contributed by atoms with van der Waals surface area (Å²) in [7, 11) is 0. The van der Waals surface area contributed by atoms with E-state index in [2.05, 4.69) is 20.7 Å². The normalized spacial score (nSPS) is 10.6. The van der Waals surface area contributed by atoms with Crippen molar-refractivity contribution in [2.45, 2.75) is 20.4 Å². The minimum absolute atomic E-state index is 0.617. The zero-order valence-corrected chi connectivity index (χ0v) is 9.38. The highest BCUT2D eigenvalue weighted by Crippen LogP contribution is 2.15. The van der Waals surface area contributed by atoms with Crippen molar-refractivity contribution in [3.05, 3.63) is 22.5 Å². The van der Waals surface area contributed by atoms with E-state index < -0.39 is 0 Å². The van der Waals surface area contributed by atoms with Crippen molar-refractivity contribution in [1.82, 2.24) is 20.0 Å². The van der Waals surface area contributed by atoms with Gasteiger partial charge in [-0.15, -0.1) is 10.2 Å². The Morgan fingerprint density at radius 2 is 2.27 bits per heavy atom. The number of aromatic nitrogens is 4. The molecule has 0 unspecified atom stereocenters. The van der Waals surface area contributed by atoms with Crippen molar-refractivity contribution in [1.29, 1.82) is 0 Å². The predicted octanol–water partition coefficient (Wildman–Crippen LogP) is 0.685. The number of nitrogens with one attached hydrogen (secondary N) is 1. The summed E-state index contributed by atoms with van der Waals surface area (Å²) in [5.74, 6) is 5.23. The highest BCUT2D eigenvalue weighted by atomic mass is 32.1. The van der Waals surface area contributed by atoms with Gasteiger partial charge in [0.2, 0.25) is 5.13 Å². The Labute approximate surface area is 91.1 Å². The van der Waals surface area contributed by atoms with Gasteiger partial charge in [0.15, 0.2) is 0 Å². The number of rotatable bonds is 3. The predicted molar refractivity (Wildman–Crippen MR) is 58.5 cm³/mol. The Morgan fingerprint density at radius 3 is 2.80 bits per heavy atom. The van der Waals surface area contributed by atoms with Gasteiger partial charge in [0, 0.05) is 5.69 Å². The van der Waals surface area contributed by atoms with Crippen LogP contribution in [-0.4, -0.2) is 20.0 Å². The first kappa shape index (κ1) is 10.1. The van der Waals surface area contributed by atoms with Crippen molar-refractivity contribution in [3.8, 4) is 0 Å². The smallest absolute Gasteiger partial charge is 0.219 e. The fourth-order valence-corrected chi connectivity index (χ4v) is 1.97. The van der Waals surface area contributed by atoms with Crippen molar-refractivity contribution in [3.63, 3.8) is 0 Å². The van der Waals surface area contributed by atoms with Crippen LogP contribution in [0.5, 0.6) is 0 Å². The summed E-state index contributed by atoms with van der Waals surface area (Å²) in [4.78, 5) is 0. The van der Waals surface area contributed by atoms with Crippen LogP contribution in [0, 0.1) is 13.8 Å². The third kappa shape index (κ3) is 2.13. The largest absolute Gasteiger partial charge is 0.298 e. The van der Waals surface area contributed by atoms with Crippen LogP contribution < -0.4 is 11.3 Å². The number of hydrogen-bond donors (Lipinski definition) is 2. The van der Waals surface area contributed by atoms with E-state index in [-0.39, 0.29) is 0 Å². The molecule has 2 aromatic heterocycles. The molecule has 7 heteroatoms. The summed E-state index contributed by atoms with van der Waals surface area (Å²) in [5.41, 5.74) is 4.59. The van der Waals surface area contributed by atoms with E-state index in [9.17, 15) is 0 Å². The van der Waals surface area contributed by atoms with E-state index in [1.807, 2.05) is 24.6 Å². The Balaban J connectivity index is 2.17. The molecule has 0 aliphatic heterocycles. The van der Waals surface area contributed by atoms with Gasteiger partial charge in [-0.05, 0) is 19.9 Å². The summed E-state index contributed by atoms with van der Waals surface area (Å²) < 4.78 is 1.90. The molecule has 2 heterocycles. The quantitative estimate of drug-likeness (QED) is 0.592. The number of hydrogen-bond acceptors (Lipinski definition) is 6. The lowest BCUT2D eigenvalue weighted by Crippen LogP contribution is -2.05. The maximum atomic E-state index is 5.23. The van der Waals surface area contributed by atoms with Gasteiger partial charge in [0.25, 0.3) is 0 Å². The molecule has 0 spiro atoms. The number of nitrogens with two attached hydrogens (primary N) is 1. The van der Waals surface area contributed by atoms with Gasteiger partial charge in [0.05, 0.1) is 12.2 Å². The number of nitrogen functional groups attached to an aromatic ring is 1. The lowest BCUT2D eigenvalue weighted by Gasteiger charge is -1.99. The molecule has 0 saturated heterocycles. The zero-order valence-electron chi connectivity index (χ0n) is 8.56. The molecule has 0 aliphatic rings. The van der Waals surface area contributed by atoms with Crippen LogP contribution >= 0.6 is 11.3 Å². The molecule has 0 fully saturated rings. The SMILES string of the molecule is Cc1cc(C)n(Cc2nnc(NN)s2)n1. The topological polar surface area (TPSA) is 81.7 Å². The molecular formula is C8H12N6S. The fraction of sp³-hybridized carbons (Fsp3) is 0.375. The van der Waals surface area contributed by atoms with Crippen LogP contribution in [-0.2, 0) is 6.54 Å². The number of nitrogens with zero attached hydrogens (tertiary/aromatic N) is 4. The molecule has 3 N–H and O–H groups in total. The third-order valence-corrected chi connectivity index (χ3v) is 2.82. The molecule has 0 radical (unpaired) electrons. The van der Waals surface area contributed by atoms with Gasteiger partial charge in [0.1, 0.15) is 5.01 Å². The van der Waals surface area contributed by atoms with E-state index in [4.69, 9.17) is 5.84 Å². The molecule has 2 rings (SSSR count). The lowest BCUT2D eigenvalue weighted by molar-refractivity contribution is 0.651. The van der Waals surface area contributed by atoms with E-state index in [0.717, 1.165) is 16.4 Å². The second kappa shape index (κ2) is 3.95. The van der Waals surface area contributed by atoms with Crippen LogP contribution in [0.25, 0.3) is 0 Å². The van der Waals surface area contributed by atoms with Crippen LogP contribution in [0.3, 0.4) is 0 Å². The number of hydrazine groups is 1. The van der Waals surface area contributed by atoms with E-state index >= 15 is 0 Å². The Morgan fingerprint density at radius 1 is 1.47 bits per heavy atom. The molecule has 15 heavy (non-hydrogen) atoms. The van der Waals surface area contributed by atoms with Crippen LogP contribution in [0.1, 0.15) is 16.4 Å². The second-order valence-corrected chi connectivity index (χ2v) is 4.29. The van der Waals surface area contributed by atoms with E-state index in [1.165, 1.54) is 11.3 Å². The molecule has 0 aliphatic carbocycles. The first-order valence-corrected chi connectivity index (χ1v) is 5.30. The molecule has 0 aromatic carbocycles. The highest BCUT2D eigenvalue weighted by Gasteiger charge is 2.06. The third-order valence-electron chi connectivity index (χ3n) is 1.98. The average molecular weight is 224 g/mol. The van der Waals surface area contributed by atoms with Crippen LogP contribution in [0.15, 0.2) is 6.07 Å². The number of aryl methyl sites for hydroxylation is 2. The Kier molecular flexibility index (Phi) is 2.65. The fourth-order valence-electron chi connectivity index (χ4n) is 1.34. The average Bonchev–Trinajstić information content (AvgIpc) is 2.75. The van der Waals surface area contributed by atoms with E-state index in [0.29, 0.717) is 11.7 Å². The van der Waals surface area contributed by atoms with Gasteiger partial charge in [-0.25, -0.2) is 5.84 Å². The summed E-state index contributed by atoms with van der Waals surface area (Å²) >= 11 is 1.43. The number of anilines is 1. The molecule has 0 atom stereocenters. The van der Waals surface area contributed by atoms with Gasteiger partial charge in [-0.3, -0.25) is 10.1 Å². The highest BCUT2D eigenvalue weighted by molar-refractivity contribution is 7.15. The molecular weight excluding hydrogens is 212 g/mol. The van der Waals surface area contributed by atoms with Gasteiger partial charge in [-0.1, -0.05) is 11.3 Å². The zero-order chi connectivity index (χ0) is 10.8. The minimum atomic E-state index is 0.617. The summed E-state index contributed by atoms with van der Waals surface area (Å²) in [6.45, 7) is 4.62. The molecule has 0 saturated carbocycles. The second-order valence-electron chi connectivity index (χ2n) is 3.23. The van der Waals surface area contributed by atoms with Gasteiger partial charge in [-0.2, -0.15) is 5.10 Å².